The third-order valence-electron chi connectivity index (χ3n) is 1.28. The minimum absolute atomic E-state index is 1.21. The van der Waals surface area contributed by atoms with E-state index < -0.39 is 0 Å². The molecule has 10 heavy (non-hydrogen) atoms. The highest BCUT2D eigenvalue weighted by atomic mass is 14.9. The highest BCUT2D eigenvalue weighted by Gasteiger charge is 1.84. The molecule has 0 radical (unpaired) electrons. The van der Waals surface area contributed by atoms with Gasteiger partial charge in [-0.25, -0.2) is 0 Å². The summed E-state index contributed by atoms with van der Waals surface area (Å²) in [6, 6.07) is 2.06. The van der Waals surface area contributed by atoms with Crippen LogP contribution in [0.5, 0.6) is 0 Å². The van der Waals surface area contributed by atoms with Gasteiger partial charge in [0.2, 0.25) is 0 Å². The predicted octanol–water partition coefficient (Wildman–Crippen LogP) is 2.22. The number of nitrogens with zero attached hydrogens (tertiary/aromatic N) is 1. The molecule has 1 heteroatoms. The quantitative estimate of drug-likeness (QED) is 0.545. The molecule has 0 fully saturated rings. The lowest BCUT2D eigenvalue weighted by Gasteiger charge is -1.83. The molecule has 0 unspecified atom stereocenters. The summed E-state index contributed by atoms with van der Waals surface area (Å²) in [6.45, 7) is 3.59. The zero-order chi connectivity index (χ0) is 7.40. The van der Waals surface area contributed by atoms with Gasteiger partial charge in [-0.2, -0.15) is 0 Å². The van der Waals surface area contributed by atoms with E-state index in [0.717, 1.165) is 0 Å². The van der Waals surface area contributed by atoms with E-state index in [-0.39, 0.29) is 0 Å². The van der Waals surface area contributed by atoms with E-state index in [0.29, 0.717) is 0 Å². The maximum atomic E-state index is 3.59. The van der Waals surface area contributed by atoms with Crippen LogP contribution in [0.1, 0.15) is 5.56 Å². The van der Waals surface area contributed by atoms with Crippen molar-refractivity contribution in [2.45, 2.75) is 0 Å². The van der Waals surface area contributed by atoms with Crippen LogP contribution in [0.4, 0.5) is 0 Å². The van der Waals surface area contributed by atoms with Gasteiger partial charge >= 0.3 is 0 Å². The van der Waals surface area contributed by atoms with Crippen LogP contribution < -0.4 is 0 Å². The van der Waals surface area contributed by atoms with Crippen LogP contribution in [-0.4, -0.2) is 4.57 Å². The molecule has 1 heterocycles. The second kappa shape index (κ2) is 3.06. The Morgan fingerprint density at radius 3 is 2.90 bits per heavy atom. The molecule has 0 aliphatic heterocycles. The molecule has 1 nitrogen and oxygen atoms in total. The monoisotopic (exact) mass is 133 g/mol. The maximum absolute atomic E-state index is 3.59. The number of rotatable bonds is 2. The molecule has 1 aromatic heterocycles. The summed E-state index contributed by atoms with van der Waals surface area (Å²) in [6.07, 6.45) is 9.79. The lowest BCUT2D eigenvalue weighted by molar-refractivity contribution is 0.927. The van der Waals surface area contributed by atoms with E-state index in [1.165, 1.54) is 5.56 Å². The topological polar surface area (TPSA) is 4.93 Å². The standard InChI is InChI=1S/C9H11N/c1-3-4-5-9-6-7-10(2)8-9/h3-8H,1H2,2H3/b5-4+. The Kier molecular flexibility index (Phi) is 2.11. The molecular formula is C9H11N. The van der Waals surface area contributed by atoms with Crippen molar-refractivity contribution >= 4 is 6.08 Å². The summed E-state index contributed by atoms with van der Waals surface area (Å²) in [5, 5.41) is 0. The fourth-order valence-corrected chi connectivity index (χ4v) is 0.803. The Morgan fingerprint density at radius 2 is 2.40 bits per heavy atom. The Labute approximate surface area is 61.3 Å². The molecular weight excluding hydrogens is 122 g/mol. The van der Waals surface area contributed by atoms with Crippen LogP contribution in [0.3, 0.4) is 0 Å². The number of hydrogen-bond acceptors (Lipinski definition) is 0. The Hall–Kier alpha value is -1.24. The lowest BCUT2D eigenvalue weighted by atomic mass is 10.3. The van der Waals surface area contributed by atoms with Crippen molar-refractivity contribution in [3.63, 3.8) is 0 Å². The van der Waals surface area contributed by atoms with Crippen molar-refractivity contribution in [3.05, 3.63) is 42.8 Å². The van der Waals surface area contributed by atoms with Crippen molar-refractivity contribution in [2.75, 3.05) is 0 Å². The molecule has 0 bridgehead atoms. The van der Waals surface area contributed by atoms with Crippen LogP contribution in [-0.2, 0) is 7.05 Å². The molecule has 0 N–H and O–H groups in total. The minimum Gasteiger partial charge on any atom is -0.357 e. The number of aryl methyl sites for hydroxylation is 1. The fourth-order valence-electron chi connectivity index (χ4n) is 0.803. The highest BCUT2D eigenvalue weighted by molar-refractivity contribution is 5.49. The van der Waals surface area contributed by atoms with Crippen LogP contribution >= 0.6 is 0 Å². The summed E-state index contributed by atoms with van der Waals surface area (Å²) in [4.78, 5) is 0. The van der Waals surface area contributed by atoms with Gasteiger partial charge in [-0.3, -0.25) is 0 Å². The van der Waals surface area contributed by atoms with Gasteiger partial charge in [0.25, 0.3) is 0 Å². The summed E-state index contributed by atoms with van der Waals surface area (Å²) < 4.78 is 2.02. The molecule has 1 aromatic rings. The molecule has 0 aromatic carbocycles. The first-order valence-electron chi connectivity index (χ1n) is 3.24. The average Bonchev–Trinajstić information content (AvgIpc) is 2.31. The fraction of sp³-hybridized carbons (Fsp3) is 0.111. The second-order valence-electron chi connectivity index (χ2n) is 2.21. The van der Waals surface area contributed by atoms with Gasteiger partial charge in [-0.05, 0) is 11.6 Å². The Bertz CT molecular complexity index is 243. The van der Waals surface area contributed by atoms with E-state index in [4.69, 9.17) is 0 Å². The number of hydrogen-bond donors (Lipinski definition) is 0. The molecule has 52 valence electrons. The third-order valence-corrected chi connectivity index (χ3v) is 1.28. The van der Waals surface area contributed by atoms with E-state index in [1.807, 2.05) is 30.0 Å². The molecule has 0 saturated carbocycles. The van der Waals surface area contributed by atoms with Crippen molar-refractivity contribution in [1.29, 1.82) is 0 Å². The summed E-state index contributed by atoms with van der Waals surface area (Å²) in [5.41, 5.74) is 1.21. The van der Waals surface area contributed by atoms with Crippen molar-refractivity contribution in [1.82, 2.24) is 4.57 Å². The summed E-state index contributed by atoms with van der Waals surface area (Å²) >= 11 is 0. The van der Waals surface area contributed by atoms with Gasteiger partial charge in [-0.1, -0.05) is 24.8 Å². The van der Waals surface area contributed by atoms with Crippen LogP contribution in [0.15, 0.2) is 37.2 Å². The maximum Gasteiger partial charge on any atom is 0.0106 e. The van der Waals surface area contributed by atoms with Gasteiger partial charge in [-0.15, -0.1) is 0 Å². The summed E-state index contributed by atoms with van der Waals surface area (Å²) in [5.74, 6) is 0. The van der Waals surface area contributed by atoms with Gasteiger partial charge in [0, 0.05) is 19.4 Å². The first-order chi connectivity index (χ1) is 4.83. The normalized spacial score (nSPS) is 10.5. The molecule has 0 aliphatic carbocycles. The van der Waals surface area contributed by atoms with Crippen LogP contribution in [0.25, 0.3) is 6.08 Å². The zero-order valence-corrected chi connectivity index (χ0v) is 6.12. The molecule has 0 aliphatic rings. The minimum atomic E-state index is 1.21. The smallest absolute Gasteiger partial charge is 0.0106 e. The highest BCUT2D eigenvalue weighted by Crippen LogP contribution is 2.01. The van der Waals surface area contributed by atoms with Crippen molar-refractivity contribution in [2.24, 2.45) is 7.05 Å². The largest absolute Gasteiger partial charge is 0.357 e. The van der Waals surface area contributed by atoms with Gasteiger partial charge in [0.1, 0.15) is 0 Å². The van der Waals surface area contributed by atoms with E-state index in [1.54, 1.807) is 6.08 Å². The first kappa shape index (κ1) is 6.87. The number of aromatic nitrogens is 1. The second-order valence-corrected chi connectivity index (χ2v) is 2.21. The molecule has 0 saturated heterocycles. The SMILES string of the molecule is C=C/C=C/c1ccn(C)c1. The van der Waals surface area contributed by atoms with Crippen molar-refractivity contribution in [3.8, 4) is 0 Å². The number of allylic oxidation sites excluding steroid dienone is 2. The predicted molar refractivity (Wildman–Crippen MR) is 44.6 cm³/mol. The van der Waals surface area contributed by atoms with Gasteiger partial charge in [0.15, 0.2) is 0 Å². The van der Waals surface area contributed by atoms with E-state index >= 15 is 0 Å². The first-order valence-corrected chi connectivity index (χ1v) is 3.24. The van der Waals surface area contributed by atoms with Gasteiger partial charge in [0.05, 0.1) is 0 Å². The molecule has 0 spiro atoms. The summed E-state index contributed by atoms with van der Waals surface area (Å²) in [7, 11) is 2.01. The Balaban J connectivity index is 2.75. The third kappa shape index (κ3) is 1.62. The lowest BCUT2D eigenvalue weighted by Crippen LogP contribution is -1.76. The average molecular weight is 133 g/mol. The molecule has 1 rings (SSSR count). The van der Waals surface area contributed by atoms with E-state index in [2.05, 4.69) is 18.8 Å². The van der Waals surface area contributed by atoms with Gasteiger partial charge < -0.3 is 4.57 Å². The molecule has 0 amide bonds. The zero-order valence-electron chi connectivity index (χ0n) is 6.12. The van der Waals surface area contributed by atoms with Crippen LogP contribution in [0.2, 0.25) is 0 Å². The van der Waals surface area contributed by atoms with E-state index in [9.17, 15) is 0 Å². The van der Waals surface area contributed by atoms with Crippen LogP contribution in [0, 0.1) is 0 Å². The van der Waals surface area contributed by atoms with Crippen molar-refractivity contribution < 1.29 is 0 Å². The molecule has 0 atom stereocenters. The Morgan fingerprint density at radius 1 is 1.60 bits per heavy atom.